The highest BCUT2D eigenvalue weighted by atomic mass is 15.3. The van der Waals surface area contributed by atoms with Gasteiger partial charge in [-0.1, -0.05) is 13.8 Å². The third-order valence-electron chi connectivity index (χ3n) is 2.96. The predicted octanol–water partition coefficient (Wildman–Crippen LogP) is 1.95. The van der Waals surface area contributed by atoms with E-state index in [9.17, 15) is 0 Å². The smallest absolute Gasteiger partial charge is 0.225 e. The van der Waals surface area contributed by atoms with E-state index in [2.05, 4.69) is 33.9 Å². The summed E-state index contributed by atoms with van der Waals surface area (Å²) in [5.74, 6) is 0.874. The first-order valence-corrected chi connectivity index (χ1v) is 6.38. The van der Waals surface area contributed by atoms with Crippen LogP contribution in [-0.2, 0) is 0 Å². The van der Waals surface area contributed by atoms with E-state index in [4.69, 9.17) is 0 Å². The molecule has 1 fully saturated rings. The first-order chi connectivity index (χ1) is 8.16. The molecule has 2 heterocycles. The lowest BCUT2D eigenvalue weighted by Gasteiger charge is -2.20. The number of anilines is 1. The Labute approximate surface area is 105 Å². The Bertz CT molecular complexity index is 338. The van der Waals surface area contributed by atoms with Crippen LogP contribution in [-0.4, -0.2) is 48.1 Å². The molecule has 0 radical (unpaired) electrons. The quantitative estimate of drug-likeness (QED) is 0.785. The lowest BCUT2D eigenvalue weighted by molar-refractivity contribution is 0.315. The molecule has 2 rings (SSSR count). The zero-order chi connectivity index (χ0) is 12.8. The van der Waals surface area contributed by atoms with Crippen LogP contribution in [0.4, 0.5) is 5.95 Å². The summed E-state index contributed by atoms with van der Waals surface area (Å²) in [6.45, 7) is 8.10. The average molecular weight is 236 g/mol. The SMILES string of the molecule is CC.Cc1ccnc(N2CCC(N(C)C)C2)n1. The summed E-state index contributed by atoms with van der Waals surface area (Å²) in [5.41, 5.74) is 1.04. The molecule has 0 aromatic carbocycles. The molecule has 17 heavy (non-hydrogen) atoms. The van der Waals surface area contributed by atoms with Gasteiger partial charge in [-0.15, -0.1) is 0 Å². The Morgan fingerprint density at radius 3 is 2.59 bits per heavy atom. The van der Waals surface area contributed by atoms with Gasteiger partial charge in [0.25, 0.3) is 0 Å². The van der Waals surface area contributed by atoms with Crippen LogP contribution in [0.15, 0.2) is 12.3 Å². The molecule has 0 bridgehead atoms. The molecule has 0 N–H and O–H groups in total. The number of hydrogen-bond acceptors (Lipinski definition) is 4. The molecule has 0 spiro atoms. The predicted molar refractivity (Wildman–Crippen MR) is 72.4 cm³/mol. The third kappa shape index (κ3) is 3.66. The molecule has 96 valence electrons. The van der Waals surface area contributed by atoms with Crippen LogP contribution in [0, 0.1) is 6.92 Å². The average Bonchev–Trinajstić information content (AvgIpc) is 2.81. The summed E-state index contributed by atoms with van der Waals surface area (Å²) in [6, 6.07) is 2.57. The van der Waals surface area contributed by atoms with Gasteiger partial charge in [-0.3, -0.25) is 0 Å². The van der Waals surface area contributed by atoms with Gasteiger partial charge in [-0.25, -0.2) is 9.97 Å². The number of aryl methyl sites for hydroxylation is 1. The minimum Gasteiger partial charge on any atom is -0.339 e. The Balaban J connectivity index is 0.000000686. The summed E-state index contributed by atoms with van der Waals surface area (Å²) in [7, 11) is 4.26. The minimum absolute atomic E-state index is 0.633. The standard InChI is InChI=1S/C11H18N4.C2H6/c1-9-4-6-12-11(13-9)15-7-5-10(8-15)14(2)3;1-2/h4,6,10H,5,7-8H2,1-3H3;1-2H3. The second-order valence-corrected chi connectivity index (χ2v) is 4.35. The van der Waals surface area contributed by atoms with Gasteiger partial charge in [-0.2, -0.15) is 0 Å². The van der Waals surface area contributed by atoms with E-state index in [0.717, 1.165) is 24.7 Å². The van der Waals surface area contributed by atoms with Gasteiger partial charge < -0.3 is 9.80 Å². The summed E-state index contributed by atoms with van der Waals surface area (Å²) in [4.78, 5) is 13.3. The molecular weight excluding hydrogens is 212 g/mol. The van der Waals surface area contributed by atoms with Crippen molar-refractivity contribution in [2.45, 2.75) is 33.2 Å². The van der Waals surface area contributed by atoms with E-state index in [1.807, 2.05) is 33.0 Å². The summed E-state index contributed by atoms with van der Waals surface area (Å²) < 4.78 is 0. The van der Waals surface area contributed by atoms with Crippen molar-refractivity contribution in [3.8, 4) is 0 Å². The largest absolute Gasteiger partial charge is 0.339 e. The van der Waals surface area contributed by atoms with Gasteiger partial charge in [0.1, 0.15) is 0 Å². The van der Waals surface area contributed by atoms with Crippen molar-refractivity contribution in [2.24, 2.45) is 0 Å². The molecule has 0 aliphatic carbocycles. The summed E-state index contributed by atoms with van der Waals surface area (Å²) in [5, 5.41) is 0. The van der Waals surface area contributed by atoms with Gasteiger partial charge in [0, 0.05) is 31.0 Å². The first-order valence-electron chi connectivity index (χ1n) is 6.38. The van der Waals surface area contributed by atoms with E-state index in [-0.39, 0.29) is 0 Å². The van der Waals surface area contributed by atoms with Gasteiger partial charge in [0.15, 0.2) is 0 Å². The highest BCUT2D eigenvalue weighted by Crippen LogP contribution is 2.18. The van der Waals surface area contributed by atoms with Crippen LogP contribution < -0.4 is 4.90 Å². The highest BCUT2D eigenvalue weighted by Gasteiger charge is 2.25. The molecule has 1 aromatic heterocycles. The first kappa shape index (κ1) is 13.9. The lowest BCUT2D eigenvalue weighted by atomic mass is 10.2. The second-order valence-electron chi connectivity index (χ2n) is 4.35. The van der Waals surface area contributed by atoms with Crippen molar-refractivity contribution >= 4 is 5.95 Å². The molecular formula is C13H24N4. The normalized spacial score (nSPS) is 19.2. The van der Waals surface area contributed by atoms with Crippen LogP contribution in [0.3, 0.4) is 0 Å². The Kier molecular flexibility index (Phi) is 5.35. The van der Waals surface area contributed by atoms with E-state index in [1.54, 1.807) is 0 Å². The summed E-state index contributed by atoms with van der Waals surface area (Å²) >= 11 is 0. The van der Waals surface area contributed by atoms with Crippen molar-refractivity contribution in [1.29, 1.82) is 0 Å². The molecule has 4 nitrogen and oxygen atoms in total. The fraction of sp³-hybridized carbons (Fsp3) is 0.692. The molecule has 1 atom stereocenters. The lowest BCUT2D eigenvalue weighted by Crippen LogP contribution is -2.32. The Morgan fingerprint density at radius 2 is 2.06 bits per heavy atom. The number of nitrogens with zero attached hydrogens (tertiary/aromatic N) is 4. The van der Waals surface area contributed by atoms with Crippen LogP contribution >= 0.6 is 0 Å². The summed E-state index contributed by atoms with van der Waals surface area (Å²) in [6.07, 6.45) is 3.03. The molecule has 1 aliphatic rings. The van der Waals surface area contributed by atoms with Crippen LogP contribution in [0.5, 0.6) is 0 Å². The van der Waals surface area contributed by atoms with Crippen molar-refractivity contribution in [1.82, 2.24) is 14.9 Å². The maximum Gasteiger partial charge on any atom is 0.225 e. The minimum atomic E-state index is 0.633. The van der Waals surface area contributed by atoms with Crippen molar-refractivity contribution in [2.75, 3.05) is 32.1 Å². The maximum atomic E-state index is 4.45. The van der Waals surface area contributed by atoms with Crippen molar-refractivity contribution in [3.63, 3.8) is 0 Å². The van der Waals surface area contributed by atoms with Crippen molar-refractivity contribution in [3.05, 3.63) is 18.0 Å². The van der Waals surface area contributed by atoms with E-state index < -0.39 is 0 Å². The van der Waals surface area contributed by atoms with E-state index in [1.165, 1.54) is 6.42 Å². The maximum absolute atomic E-state index is 4.45. The van der Waals surface area contributed by atoms with Gasteiger partial charge in [0.05, 0.1) is 0 Å². The van der Waals surface area contributed by atoms with Crippen LogP contribution in [0.1, 0.15) is 26.0 Å². The van der Waals surface area contributed by atoms with Crippen LogP contribution in [0.25, 0.3) is 0 Å². The molecule has 0 saturated carbocycles. The molecule has 1 aromatic rings. The highest BCUT2D eigenvalue weighted by molar-refractivity contribution is 5.32. The van der Waals surface area contributed by atoms with Gasteiger partial charge in [0.2, 0.25) is 5.95 Å². The zero-order valence-corrected chi connectivity index (χ0v) is 11.6. The van der Waals surface area contributed by atoms with E-state index in [0.29, 0.717) is 6.04 Å². The topological polar surface area (TPSA) is 32.3 Å². The monoisotopic (exact) mass is 236 g/mol. The number of aromatic nitrogens is 2. The van der Waals surface area contributed by atoms with Crippen LogP contribution in [0.2, 0.25) is 0 Å². The molecule has 1 saturated heterocycles. The van der Waals surface area contributed by atoms with E-state index >= 15 is 0 Å². The molecule has 1 unspecified atom stereocenters. The van der Waals surface area contributed by atoms with Gasteiger partial charge >= 0.3 is 0 Å². The van der Waals surface area contributed by atoms with Gasteiger partial charge in [-0.05, 0) is 33.5 Å². The zero-order valence-electron chi connectivity index (χ0n) is 11.6. The Hall–Kier alpha value is -1.16. The fourth-order valence-electron chi connectivity index (χ4n) is 1.93. The number of likely N-dealkylation sites (N-methyl/N-ethyl adjacent to an activating group) is 1. The molecule has 0 amide bonds. The third-order valence-corrected chi connectivity index (χ3v) is 2.96. The van der Waals surface area contributed by atoms with Crippen molar-refractivity contribution < 1.29 is 0 Å². The number of hydrogen-bond donors (Lipinski definition) is 0. The second kappa shape index (κ2) is 6.55. The Morgan fingerprint density at radius 1 is 1.35 bits per heavy atom. The number of rotatable bonds is 2. The fourth-order valence-corrected chi connectivity index (χ4v) is 1.93. The molecule has 4 heteroatoms. The molecule has 1 aliphatic heterocycles.